The smallest absolute Gasteiger partial charge is 0.420 e. The number of fused-ring (bicyclic) bond motifs is 1. The van der Waals surface area contributed by atoms with Crippen LogP contribution in [0.4, 0.5) is 13.2 Å². The van der Waals surface area contributed by atoms with Gasteiger partial charge in [-0.3, -0.25) is 4.79 Å². The van der Waals surface area contributed by atoms with Crippen LogP contribution in [0.5, 0.6) is 5.75 Å². The molecule has 0 spiro atoms. The Bertz CT molecular complexity index is 958. The van der Waals surface area contributed by atoms with Crippen molar-refractivity contribution in [1.29, 1.82) is 0 Å². The second-order valence-electron chi connectivity index (χ2n) is 10.1. The zero-order valence-corrected chi connectivity index (χ0v) is 19.6. The molecule has 1 aliphatic rings. The monoisotopic (exact) mass is 465 g/mol. The molecule has 0 unspecified atom stereocenters. The van der Waals surface area contributed by atoms with Gasteiger partial charge >= 0.3 is 12.1 Å². The van der Waals surface area contributed by atoms with Crippen LogP contribution in [-0.4, -0.2) is 23.7 Å². The van der Waals surface area contributed by atoms with Gasteiger partial charge in [-0.15, -0.1) is 0 Å². The van der Waals surface area contributed by atoms with E-state index in [2.05, 4.69) is 26.1 Å². The molecule has 0 atom stereocenters. The van der Waals surface area contributed by atoms with Gasteiger partial charge in [0.05, 0.1) is 6.10 Å². The summed E-state index contributed by atoms with van der Waals surface area (Å²) < 4.78 is 48.1. The summed E-state index contributed by atoms with van der Waals surface area (Å²) >= 11 is 0. The SMILES string of the molecule is CC(C)(C)C1CCC(Oc2ccc3cc(CNCCCC(=O)O)ccc3c2C(F)(F)F)CC1. The lowest BCUT2D eigenvalue weighted by atomic mass is 9.72. The lowest BCUT2D eigenvalue weighted by Crippen LogP contribution is -2.31. The van der Waals surface area contributed by atoms with Gasteiger partial charge in [-0.1, -0.05) is 39.0 Å². The maximum absolute atomic E-state index is 14.1. The van der Waals surface area contributed by atoms with Crippen LogP contribution in [0.2, 0.25) is 0 Å². The summed E-state index contributed by atoms with van der Waals surface area (Å²) in [6.45, 7) is 7.63. The highest BCUT2D eigenvalue weighted by atomic mass is 19.4. The number of hydrogen-bond acceptors (Lipinski definition) is 3. The summed E-state index contributed by atoms with van der Waals surface area (Å²) in [5.41, 5.74) is 0.340. The number of carboxylic acid groups (broad SMARTS) is 1. The second-order valence-corrected chi connectivity index (χ2v) is 10.1. The van der Waals surface area contributed by atoms with Crippen LogP contribution in [0, 0.1) is 11.3 Å². The minimum atomic E-state index is -4.52. The summed E-state index contributed by atoms with van der Waals surface area (Å²) in [5.74, 6) is -0.372. The number of ether oxygens (including phenoxy) is 1. The molecule has 0 radical (unpaired) electrons. The van der Waals surface area contributed by atoms with Gasteiger partial charge in [0.25, 0.3) is 0 Å². The quantitative estimate of drug-likeness (QED) is 0.421. The first-order valence-corrected chi connectivity index (χ1v) is 11.7. The largest absolute Gasteiger partial charge is 0.490 e. The number of carbonyl (C=O) groups is 1. The normalized spacial score (nSPS) is 19.6. The minimum Gasteiger partial charge on any atom is -0.490 e. The molecule has 182 valence electrons. The lowest BCUT2D eigenvalue weighted by Gasteiger charge is -2.37. The first-order chi connectivity index (χ1) is 15.4. The molecule has 0 saturated heterocycles. The predicted molar refractivity (Wildman–Crippen MR) is 123 cm³/mol. The van der Waals surface area contributed by atoms with Crippen LogP contribution in [0.1, 0.15) is 70.4 Å². The van der Waals surface area contributed by atoms with Gasteiger partial charge in [-0.2, -0.15) is 13.2 Å². The molecular weight excluding hydrogens is 431 g/mol. The van der Waals surface area contributed by atoms with Crippen molar-refractivity contribution in [2.75, 3.05) is 6.54 Å². The van der Waals surface area contributed by atoms with Crippen molar-refractivity contribution in [1.82, 2.24) is 5.32 Å². The van der Waals surface area contributed by atoms with Crippen LogP contribution in [0.25, 0.3) is 10.8 Å². The highest BCUT2D eigenvalue weighted by molar-refractivity contribution is 5.89. The molecule has 4 nitrogen and oxygen atoms in total. The molecule has 1 saturated carbocycles. The van der Waals surface area contributed by atoms with E-state index in [1.165, 1.54) is 12.1 Å². The molecule has 2 aromatic rings. The fraction of sp³-hybridized carbons (Fsp3) is 0.577. The number of benzene rings is 2. The van der Waals surface area contributed by atoms with Crippen molar-refractivity contribution in [3.63, 3.8) is 0 Å². The van der Waals surface area contributed by atoms with E-state index in [4.69, 9.17) is 9.84 Å². The number of nitrogens with one attached hydrogen (secondary N) is 1. The summed E-state index contributed by atoms with van der Waals surface area (Å²) in [6, 6.07) is 8.07. The van der Waals surface area contributed by atoms with Gasteiger partial charge in [-0.25, -0.2) is 0 Å². The van der Waals surface area contributed by atoms with E-state index in [0.717, 1.165) is 31.2 Å². The fourth-order valence-electron chi connectivity index (χ4n) is 4.68. The molecule has 2 aromatic carbocycles. The van der Waals surface area contributed by atoms with Crippen molar-refractivity contribution in [2.24, 2.45) is 11.3 Å². The Morgan fingerprint density at radius 1 is 1.09 bits per heavy atom. The molecule has 0 heterocycles. The average Bonchev–Trinajstić information content (AvgIpc) is 2.72. The summed E-state index contributed by atoms with van der Waals surface area (Å²) in [7, 11) is 0. The molecule has 1 aliphatic carbocycles. The van der Waals surface area contributed by atoms with E-state index in [1.54, 1.807) is 18.2 Å². The third-order valence-electron chi connectivity index (χ3n) is 6.60. The van der Waals surface area contributed by atoms with Crippen LogP contribution in [0.15, 0.2) is 30.3 Å². The molecule has 33 heavy (non-hydrogen) atoms. The number of rotatable bonds is 8. The molecular formula is C26H34F3NO3. The first kappa shape index (κ1) is 25.3. The predicted octanol–water partition coefficient (Wildman–Crippen LogP) is 6.80. The van der Waals surface area contributed by atoms with E-state index in [1.807, 2.05) is 0 Å². The van der Waals surface area contributed by atoms with E-state index in [9.17, 15) is 18.0 Å². The third-order valence-corrected chi connectivity index (χ3v) is 6.60. The lowest BCUT2D eigenvalue weighted by molar-refractivity contribution is -0.138. The highest BCUT2D eigenvalue weighted by Gasteiger charge is 2.38. The maximum atomic E-state index is 14.1. The number of hydrogen-bond donors (Lipinski definition) is 2. The Morgan fingerprint density at radius 2 is 1.79 bits per heavy atom. The van der Waals surface area contributed by atoms with Gasteiger partial charge in [0.1, 0.15) is 11.3 Å². The fourth-order valence-corrected chi connectivity index (χ4v) is 4.68. The summed E-state index contributed by atoms with van der Waals surface area (Å²) in [4.78, 5) is 10.6. The van der Waals surface area contributed by atoms with E-state index < -0.39 is 17.7 Å². The number of halogens is 3. The topological polar surface area (TPSA) is 58.6 Å². The molecule has 1 fully saturated rings. The Kier molecular flexibility index (Phi) is 7.93. The Hall–Kier alpha value is -2.28. The van der Waals surface area contributed by atoms with Gasteiger partial charge in [0.15, 0.2) is 0 Å². The zero-order chi connectivity index (χ0) is 24.2. The Morgan fingerprint density at radius 3 is 2.39 bits per heavy atom. The number of alkyl halides is 3. The summed E-state index contributed by atoms with van der Waals surface area (Å²) in [5, 5.41) is 12.5. The molecule has 0 aliphatic heterocycles. The first-order valence-electron chi connectivity index (χ1n) is 11.7. The van der Waals surface area contributed by atoms with Crippen molar-refractivity contribution < 1.29 is 27.8 Å². The Balaban J connectivity index is 1.74. The van der Waals surface area contributed by atoms with E-state index >= 15 is 0 Å². The molecule has 3 rings (SSSR count). The third kappa shape index (κ3) is 6.85. The van der Waals surface area contributed by atoms with E-state index in [0.29, 0.717) is 30.8 Å². The minimum absolute atomic E-state index is 0.0836. The molecule has 0 aromatic heterocycles. The van der Waals surface area contributed by atoms with E-state index in [-0.39, 0.29) is 29.1 Å². The molecule has 2 N–H and O–H groups in total. The zero-order valence-electron chi connectivity index (χ0n) is 19.6. The standard InChI is InChI=1S/C26H34F3NO3/c1-25(2,3)19-8-10-20(11-9-19)33-22-13-7-18-15-17(16-30-14-4-5-23(31)32)6-12-21(18)24(22)26(27,28)29/h6-7,12-13,15,19-20,30H,4-5,8-11,14,16H2,1-3H3,(H,31,32). The van der Waals surface area contributed by atoms with Crippen molar-refractivity contribution in [3.05, 3.63) is 41.5 Å². The van der Waals surface area contributed by atoms with Gasteiger partial charge < -0.3 is 15.2 Å². The Labute approximate surface area is 193 Å². The van der Waals surface area contributed by atoms with Crippen LogP contribution in [-0.2, 0) is 17.5 Å². The van der Waals surface area contributed by atoms with Crippen LogP contribution >= 0.6 is 0 Å². The molecule has 7 heteroatoms. The number of aliphatic carboxylic acids is 1. The van der Waals surface area contributed by atoms with Gasteiger partial charge in [0, 0.05) is 13.0 Å². The van der Waals surface area contributed by atoms with Crippen LogP contribution < -0.4 is 10.1 Å². The number of carboxylic acids is 1. The maximum Gasteiger partial charge on any atom is 0.420 e. The average molecular weight is 466 g/mol. The van der Waals surface area contributed by atoms with Gasteiger partial charge in [0.2, 0.25) is 0 Å². The molecule has 0 amide bonds. The summed E-state index contributed by atoms with van der Waals surface area (Å²) in [6.07, 6.45) is -0.671. The second kappa shape index (κ2) is 10.3. The highest BCUT2D eigenvalue weighted by Crippen LogP contribution is 2.44. The van der Waals surface area contributed by atoms with Crippen molar-refractivity contribution in [3.8, 4) is 5.75 Å². The molecule has 0 bridgehead atoms. The van der Waals surface area contributed by atoms with Crippen LogP contribution in [0.3, 0.4) is 0 Å². The van der Waals surface area contributed by atoms with Crippen molar-refractivity contribution in [2.45, 2.75) is 78.1 Å². The van der Waals surface area contributed by atoms with Gasteiger partial charge in [-0.05, 0) is 78.5 Å². The van der Waals surface area contributed by atoms with Crippen molar-refractivity contribution >= 4 is 16.7 Å².